The summed E-state index contributed by atoms with van der Waals surface area (Å²) in [6.45, 7) is 2.72. The number of rotatable bonds is 5. The highest BCUT2D eigenvalue weighted by molar-refractivity contribution is 8.19. The van der Waals surface area contributed by atoms with Gasteiger partial charge < -0.3 is 15.0 Å². The van der Waals surface area contributed by atoms with Gasteiger partial charge in [0.05, 0.1) is 40.8 Å². The van der Waals surface area contributed by atoms with Crippen LogP contribution >= 0.6 is 23.5 Å². The van der Waals surface area contributed by atoms with E-state index in [0.717, 1.165) is 34.3 Å². The van der Waals surface area contributed by atoms with E-state index in [1.165, 1.54) is 23.5 Å². The Morgan fingerprint density at radius 1 is 1.18 bits per heavy atom. The predicted molar refractivity (Wildman–Crippen MR) is 136 cm³/mol. The molecule has 0 atom stereocenters. The zero-order chi connectivity index (χ0) is 23.5. The van der Waals surface area contributed by atoms with Crippen molar-refractivity contribution < 1.29 is 9.53 Å². The first-order valence-electron chi connectivity index (χ1n) is 10.3. The lowest BCUT2D eigenvalue weighted by Crippen LogP contribution is -2.24. The summed E-state index contributed by atoms with van der Waals surface area (Å²) >= 11 is 2.86. The third-order valence-electron chi connectivity index (χ3n) is 5.20. The Kier molecular flexibility index (Phi) is 6.67. The van der Waals surface area contributed by atoms with Gasteiger partial charge in [-0.2, -0.15) is 5.26 Å². The van der Waals surface area contributed by atoms with Crippen molar-refractivity contribution in [2.24, 2.45) is 4.99 Å². The average molecular weight is 478 g/mol. The maximum absolute atomic E-state index is 13.1. The van der Waals surface area contributed by atoms with Gasteiger partial charge in [0.15, 0.2) is 5.17 Å². The number of ether oxygens (including phenoxy) is 1. The lowest BCUT2D eigenvalue weighted by Gasteiger charge is -2.19. The minimum Gasteiger partial charge on any atom is -0.497 e. The van der Waals surface area contributed by atoms with Crippen LogP contribution in [0.5, 0.6) is 5.75 Å². The zero-order valence-electron chi connectivity index (χ0n) is 18.7. The summed E-state index contributed by atoms with van der Waals surface area (Å²) < 4.78 is 5.35. The Morgan fingerprint density at radius 3 is 2.73 bits per heavy atom. The minimum atomic E-state index is -0.102. The third-order valence-corrected chi connectivity index (χ3v) is 7.49. The summed E-state index contributed by atoms with van der Waals surface area (Å²) in [5, 5.41) is 16.0. The highest BCUT2D eigenvalue weighted by atomic mass is 32.2. The van der Waals surface area contributed by atoms with Gasteiger partial charge in [0.25, 0.3) is 5.91 Å². The van der Waals surface area contributed by atoms with Crippen LogP contribution < -0.4 is 10.1 Å². The van der Waals surface area contributed by atoms with Crippen LogP contribution in [0, 0.1) is 11.3 Å². The van der Waals surface area contributed by atoms with E-state index < -0.39 is 0 Å². The van der Waals surface area contributed by atoms with E-state index in [2.05, 4.69) is 11.4 Å². The summed E-state index contributed by atoms with van der Waals surface area (Å²) in [5.74, 6) is 0.680. The van der Waals surface area contributed by atoms with E-state index in [1.54, 1.807) is 31.2 Å². The molecule has 168 valence electrons. The second kappa shape index (κ2) is 9.65. The first-order chi connectivity index (χ1) is 16.0. The number of thioether (sulfide) groups is 2. The highest BCUT2D eigenvalue weighted by Gasteiger charge is 2.36. The van der Waals surface area contributed by atoms with Gasteiger partial charge in [-0.3, -0.25) is 9.69 Å². The maximum atomic E-state index is 13.1. The molecule has 2 aliphatic heterocycles. The predicted octanol–water partition coefficient (Wildman–Crippen LogP) is 5.04. The highest BCUT2D eigenvalue weighted by Crippen LogP contribution is 2.46. The van der Waals surface area contributed by atoms with Crippen molar-refractivity contribution in [1.29, 1.82) is 5.26 Å². The van der Waals surface area contributed by atoms with Crippen molar-refractivity contribution in [3.05, 3.63) is 68.9 Å². The van der Waals surface area contributed by atoms with Crippen molar-refractivity contribution in [3.63, 3.8) is 0 Å². The zero-order valence-corrected chi connectivity index (χ0v) is 20.4. The largest absolute Gasteiger partial charge is 0.497 e. The summed E-state index contributed by atoms with van der Waals surface area (Å²) in [6.07, 6.45) is 0. The molecule has 0 aliphatic carbocycles. The number of nitrogens with zero attached hydrogens (tertiary/aromatic N) is 4. The smallest absolute Gasteiger partial charge is 0.269 e. The number of likely N-dealkylation sites (N-methyl/N-ethyl adjacent to an activating group) is 1. The molecule has 0 bridgehead atoms. The first-order valence-corrected chi connectivity index (χ1v) is 12.0. The molecular weight excluding hydrogens is 454 g/mol. The number of nitrogens with one attached hydrogen (secondary N) is 1. The molecule has 33 heavy (non-hydrogen) atoms. The van der Waals surface area contributed by atoms with Crippen LogP contribution in [-0.4, -0.2) is 48.6 Å². The molecule has 1 N–H and O–H groups in total. The molecule has 0 aromatic heterocycles. The molecule has 2 aromatic carbocycles. The SMILES string of the molecule is CCNc1ccc(C#N)cc1N=C1S/C(=C2\SC=C(c3cccc(OC)c3)N2C)C(=O)N1C. The average Bonchev–Trinajstić information content (AvgIpc) is 3.34. The summed E-state index contributed by atoms with van der Waals surface area (Å²) in [6, 6.07) is 15.3. The molecule has 1 fully saturated rings. The Labute approximate surface area is 201 Å². The van der Waals surface area contributed by atoms with Gasteiger partial charge in [-0.15, -0.1) is 0 Å². The van der Waals surface area contributed by atoms with Crippen LogP contribution in [0.15, 0.2) is 62.8 Å². The minimum absolute atomic E-state index is 0.102. The number of amidine groups is 1. The molecule has 2 aromatic rings. The van der Waals surface area contributed by atoms with Crippen LogP contribution in [0.2, 0.25) is 0 Å². The number of anilines is 1. The summed E-state index contributed by atoms with van der Waals surface area (Å²) in [5.41, 5.74) is 3.98. The van der Waals surface area contributed by atoms with Crippen LogP contribution in [0.4, 0.5) is 11.4 Å². The van der Waals surface area contributed by atoms with E-state index >= 15 is 0 Å². The van der Waals surface area contributed by atoms with E-state index in [9.17, 15) is 10.1 Å². The number of hydrogen-bond acceptors (Lipinski definition) is 8. The molecule has 0 spiro atoms. The number of methoxy groups -OCH3 is 1. The van der Waals surface area contributed by atoms with Gasteiger partial charge in [0, 0.05) is 31.6 Å². The Bertz CT molecular complexity index is 1250. The monoisotopic (exact) mass is 477 g/mol. The second-order valence-electron chi connectivity index (χ2n) is 7.28. The number of aliphatic imine (C=N–C) groups is 1. The fraction of sp³-hybridized carbons (Fsp3) is 0.208. The molecule has 0 saturated carbocycles. The van der Waals surface area contributed by atoms with Crippen molar-refractivity contribution in [2.75, 3.05) is 33.1 Å². The number of nitriles is 1. The van der Waals surface area contributed by atoms with Gasteiger partial charge in [-0.05, 0) is 49.0 Å². The Hall–Kier alpha value is -3.35. The van der Waals surface area contributed by atoms with E-state index in [1.807, 2.05) is 54.6 Å². The summed E-state index contributed by atoms with van der Waals surface area (Å²) in [4.78, 5) is 22.1. The standard InChI is InChI=1S/C24H23N5O2S2/c1-5-26-18-10-9-15(13-25)11-19(18)27-24-29(3)22(30)21(33-24)23-28(2)20(14-32-23)16-7-6-8-17(12-16)31-4/h6-12,14,26H,5H2,1-4H3/b23-21-,27-24?. The molecule has 7 nitrogen and oxygen atoms in total. The summed E-state index contributed by atoms with van der Waals surface area (Å²) in [7, 11) is 5.32. The van der Waals surface area contributed by atoms with Crippen molar-refractivity contribution in [2.45, 2.75) is 6.92 Å². The quantitative estimate of drug-likeness (QED) is 0.605. The van der Waals surface area contributed by atoms with Crippen molar-refractivity contribution in [3.8, 4) is 11.8 Å². The number of carbonyl (C=O) groups is 1. The molecule has 0 unspecified atom stereocenters. The van der Waals surface area contributed by atoms with Gasteiger partial charge >= 0.3 is 0 Å². The van der Waals surface area contributed by atoms with Gasteiger partial charge in [0.1, 0.15) is 10.7 Å². The lowest BCUT2D eigenvalue weighted by atomic mass is 10.1. The first kappa shape index (κ1) is 22.8. The van der Waals surface area contributed by atoms with Crippen LogP contribution in [-0.2, 0) is 4.79 Å². The Balaban J connectivity index is 1.66. The van der Waals surface area contributed by atoms with E-state index in [-0.39, 0.29) is 5.91 Å². The van der Waals surface area contributed by atoms with Gasteiger partial charge in [-0.1, -0.05) is 23.9 Å². The van der Waals surface area contributed by atoms with Crippen LogP contribution in [0.25, 0.3) is 5.70 Å². The number of carbonyl (C=O) groups excluding carboxylic acids is 1. The molecule has 9 heteroatoms. The number of benzene rings is 2. The van der Waals surface area contributed by atoms with Crippen LogP contribution in [0.3, 0.4) is 0 Å². The molecule has 0 radical (unpaired) electrons. The Morgan fingerprint density at radius 2 is 2.00 bits per heavy atom. The van der Waals surface area contributed by atoms with Crippen molar-refractivity contribution >= 4 is 51.7 Å². The number of hydrogen-bond donors (Lipinski definition) is 1. The molecule has 2 heterocycles. The normalized spacial score (nSPS) is 19.2. The van der Waals surface area contributed by atoms with Crippen molar-refractivity contribution in [1.82, 2.24) is 9.80 Å². The number of amides is 1. The maximum Gasteiger partial charge on any atom is 0.269 e. The lowest BCUT2D eigenvalue weighted by molar-refractivity contribution is -0.121. The molecule has 1 saturated heterocycles. The van der Waals surface area contributed by atoms with Gasteiger partial charge in [-0.25, -0.2) is 4.99 Å². The molecular formula is C24H23N5O2S2. The molecule has 4 rings (SSSR count). The fourth-order valence-electron chi connectivity index (χ4n) is 3.44. The second-order valence-corrected chi connectivity index (χ2v) is 9.12. The molecule has 1 amide bonds. The molecule has 2 aliphatic rings. The van der Waals surface area contributed by atoms with E-state index in [4.69, 9.17) is 9.73 Å². The third kappa shape index (κ3) is 4.45. The van der Waals surface area contributed by atoms with Crippen LogP contribution in [0.1, 0.15) is 18.1 Å². The van der Waals surface area contributed by atoms with Gasteiger partial charge in [0.2, 0.25) is 0 Å². The topological polar surface area (TPSA) is 81.0 Å². The fourth-order valence-corrected chi connectivity index (χ4v) is 5.67. The van der Waals surface area contributed by atoms with E-state index in [0.29, 0.717) is 21.3 Å².